The third kappa shape index (κ3) is 4.72. The quantitative estimate of drug-likeness (QED) is 0.311. The van der Waals surface area contributed by atoms with Crippen LogP contribution in [0.2, 0.25) is 0 Å². The van der Waals surface area contributed by atoms with E-state index >= 15 is 0 Å². The van der Waals surface area contributed by atoms with Crippen LogP contribution in [0.5, 0.6) is 0 Å². The average Bonchev–Trinajstić information content (AvgIpc) is 2.78. The van der Waals surface area contributed by atoms with Crippen molar-refractivity contribution in [3.05, 3.63) is 107 Å². The van der Waals surface area contributed by atoms with Crippen molar-refractivity contribution < 1.29 is 9.13 Å². The van der Waals surface area contributed by atoms with Crippen LogP contribution in [0.1, 0.15) is 22.3 Å². The SMILES string of the molecule is Cc1ccc(-c2ccc(C)c[n+]2C)c(CCc2ccccc2-c2cccc[n+]2CS)c1. The van der Waals surface area contributed by atoms with E-state index in [0.29, 0.717) is 5.88 Å². The number of hydrogen-bond acceptors (Lipinski definition) is 1. The fourth-order valence-corrected chi connectivity index (χ4v) is 4.55. The van der Waals surface area contributed by atoms with Crippen molar-refractivity contribution in [2.45, 2.75) is 32.6 Å². The first-order chi connectivity index (χ1) is 15.1. The van der Waals surface area contributed by atoms with Gasteiger partial charge in [-0.15, -0.1) is 12.6 Å². The van der Waals surface area contributed by atoms with Gasteiger partial charge in [-0.2, -0.15) is 4.57 Å². The van der Waals surface area contributed by atoms with Crippen molar-refractivity contribution in [1.29, 1.82) is 0 Å². The van der Waals surface area contributed by atoms with E-state index in [2.05, 4.69) is 128 Å². The number of aromatic nitrogens is 2. The molecule has 0 aliphatic rings. The molecule has 0 radical (unpaired) electrons. The van der Waals surface area contributed by atoms with E-state index in [9.17, 15) is 0 Å². The number of thiol groups is 1. The maximum Gasteiger partial charge on any atom is 0.213 e. The molecule has 0 saturated heterocycles. The summed E-state index contributed by atoms with van der Waals surface area (Å²) in [5.74, 6) is 0.663. The summed E-state index contributed by atoms with van der Waals surface area (Å²) in [5.41, 5.74) is 10.4. The molecule has 2 nitrogen and oxygen atoms in total. The van der Waals surface area contributed by atoms with Crippen LogP contribution >= 0.6 is 12.6 Å². The maximum absolute atomic E-state index is 4.52. The molecule has 0 saturated carbocycles. The fourth-order valence-electron chi connectivity index (χ4n) is 4.31. The highest BCUT2D eigenvalue weighted by molar-refractivity contribution is 7.78. The van der Waals surface area contributed by atoms with Crippen LogP contribution in [0.3, 0.4) is 0 Å². The summed E-state index contributed by atoms with van der Waals surface area (Å²) >= 11 is 4.52. The summed E-state index contributed by atoms with van der Waals surface area (Å²) in [4.78, 5) is 0. The van der Waals surface area contributed by atoms with E-state index in [0.717, 1.165) is 12.8 Å². The molecule has 0 amide bonds. The number of nitrogens with zero attached hydrogens (tertiary/aromatic N) is 2. The monoisotopic (exact) mass is 426 g/mol. The molecule has 156 valence electrons. The van der Waals surface area contributed by atoms with E-state index in [1.807, 2.05) is 0 Å². The lowest BCUT2D eigenvalue weighted by Crippen LogP contribution is -2.33. The van der Waals surface area contributed by atoms with Crippen LogP contribution in [0.25, 0.3) is 22.5 Å². The Kier molecular flexibility index (Phi) is 6.53. The largest absolute Gasteiger partial charge is 0.213 e. The Bertz CT molecular complexity index is 1210. The van der Waals surface area contributed by atoms with Crippen molar-refractivity contribution >= 4 is 12.6 Å². The highest BCUT2D eigenvalue weighted by atomic mass is 32.1. The van der Waals surface area contributed by atoms with Crippen molar-refractivity contribution in [2.24, 2.45) is 7.05 Å². The van der Waals surface area contributed by atoms with E-state index in [1.165, 1.54) is 44.8 Å². The summed E-state index contributed by atoms with van der Waals surface area (Å²) in [6.07, 6.45) is 6.27. The predicted octanol–water partition coefficient (Wildman–Crippen LogP) is 5.42. The summed E-state index contributed by atoms with van der Waals surface area (Å²) in [6.45, 7) is 4.31. The second kappa shape index (κ2) is 9.49. The fraction of sp³-hybridized carbons (Fsp3) is 0.214. The number of rotatable bonds is 6. The van der Waals surface area contributed by atoms with Gasteiger partial charge in [-0.25, -0.2) is 4.57 Å². The molecule has 3 heteroatoms. The molecule has 0 spiro atoms. The van der Waals surface area contributed by atoms with E-state index in [1.54, 1.807) is 0 Å². The van der Waals surface area contributed by atoms with Crippen LogP contribution in [0, 0.1) is 13.8 Å². The first-order valence-electron chi connectivity index (χ1n) is 10.8. The molecule has 4 aromatic rings. The van der Waals surface area contributed by atoms with Gasteiger partial charge in [0.25, 0.3) is 0 Å². The molecular formula is C28H30N2S+2. The first kappa shape index (κ1) is 21.3. The highest BCUT2D eigenvalue weighted by Crippen LogP contribution is 2.26. The van der Waals surface area contributed by atoms with Crippen molar-refractivity contribution in [3.8, 4) is 22.5 Å². The number of hydrogen-bond donors (Lipinski definition) is 1. The van der Waals surface area contributed by atoms with Gasteiger partial charge in [0, 0.05) is 34.9 Å². The zero-order valence-corrected chi connectivity index (χ0v) is 19.4. The summed E-state index contributed by atoms with van der Waals surface area (Å²) in [6, 6.07) is 26.3. The lowest BCUT2D eigenvalue weighted by atomic mass is 9.93. The molecule has 0 aliphatic carbocycles. The third-order valence-corrected chi connectivity index (χ3v) is 6.17. The van der Waals surface area contributed by atoms with Gasteiger partial charge in [0.2, 0.25) is 11.4 Å². The second-order valence-corrected chi connectivity index (χ2v) is 8.50. The maximum atomic E-state index is 4.52. The summed E-state index contributed by atoms with van der Waals surface area (Å²) in [7, 11) is 2.13. The Morgan fingerprint density at radius 2 is 1.42 bits per heavy atom. The molecule has 0 atom stereocenters. The van der Waals surface area contributed by atoms with Crippen LogP contribution < -0.4 is 9.13 Å². The molecule has 4 rings (SSSR count). The van der Waals surface area contributed by atoms with Crippen LogP contribution in [0.4, 0.5) is 0 Å². The van der Waals surface area contributed by atoms with Gasteiger partial charge in [-0.05, 0) is 62.1 Å². The van der Waals surface area contributed by atoms with Crippen molar-refractivity contribution in [3.63, 3.8) is 0 Å². The van der Waals surface area contributed by atoms with E-state index in [4.69, 9.17) is 0 Å². The Labute approximate surface area is 191 Å². The normalized spacial score (nSPS) is 11.0. The zero-order valence-electron chi connectivity index (χ0n) is 18.5. The minimum absolute atomic E-state index is 0.663. The van der Waals surface area contributed by atoms with E-state index < -0.39 is 0 Å². The van der Waals surface area contributed by atoms with Gasteiger partial charge in [-0.3, -0.25) is 0 Å². The Hall–Kier alpha value is -2.91. The van der Waals surface area contributed by atoms with Crippen LogP contribution in [-0.2, 0) is 25.8 Å². The van der Waals surface area contributed by atoms with Gasteiger partial charge >= 0.3 is 0 Å². The molecule has 2 heterocycles. The molecule has 0 aliphatic heterocycles. The Balaban J connectivity index is 1.69. The first-order valence-corrected chi connectivity index (χ1v) is 11.4. The standard InChI is InChI=1S/C28H29N2S/c1-21-11-15-26(27-16-12-22(2)19-29(27)3)24(18-21)14-13-23-8-4-5-9-25(23)28-10-6-7-17-30(28)20-31/h4-12,15-19H,13-14,20H2,1-3H3/q+1/p+1. The number of benzene rings is 2. The van der Waals surface area contributed by atoms with Gasteiger partial charge < -0.3 is 0 Å². The smallest absolute Gasteiger partial charge is 0.201 e. The Morgan fingerprint density at radius 3 is 2.23 bits per heavy atom. The van der Waals surface area contributed by atoms with Crippen molar-refractivity contribution in [1.82, 2.24) is 0 Å². The molecule has 2 aromatic carbocycles. The van der Waals surface area contributed by atoms with E-state index in [-0.39, 0.29) is 0 Å². The van der Waals surface area contributed by atoms with Gasteiger partial charge in [0.1, 0.15) is 7.05 Å². The molecular weight excluding hydrogens is 396 g/mol. The van der Waals surface area contributed by atoms with Gasteiger partial charge in [0.15, 0.2) is 18.3 Å². The minimum atomic E-state index is 0.663. The second-order valence-electron chi connectivity index (χ2n) is 8.22. The lowest BCUT2D eigenvalue weighted by molar-refractivity contribution is -0.664. The molecule has 2 aromatic heterocycles. The minimum Gasteiger partial charge on any atom is -0.201 e. The predicted molar refractivity (Wildman–Crippen MR) is 131 cm³/mol. The molecule has 0 bridgehead atoms. The Morgan fingerprint density at radius 1 is 0.710 bits per heavy atom. The molecule has 0 N–H and O–H groups in total. The van der Waals surface area contributed by atoms with Crippen LogP contribution in [-0.4, -0.2) is 0 Å². The lowest BCUT2D eigenvalue weighted by Gasteiger charge is -2.12. The molecule has 31 heavy (non-hydrogen) atoms. The van der Waals surface area contributed by atoms with Gasteiger partial charge in [0.05, 0.1) is 0 Å². The topological polar surface area (TPSA) is 7.76 Å². The van der Waals surface area contributed by atoms with Gasteiger partial charge in [-0.1, -0.05) is 35.9 Å². The summed E-state index contributed by atoms with van der Waals surface area (Å²) < 4.78 is 4.42. The highest BCUT2D eigenvalue weighted by Gasteiger charge is 2.17. The summed E-state index contributed by atoms with van der Waals surface area (Å²) in [5, 5.41) is 0. The average molecular weight is 427 g/mol. The molecule has 0 unspecified atom stereocenters. The van der Waals surface area contributed by atoms with Crippen molar-refractivity contribution in [2.75, 3.05) is 0 Å². The molecule has 0 fully saturated rings. The number of pyridine rings is 2. The third-order valence-electron chi connectivity index (χ3n) is 5.87. The number of aryl methyl sites for hydroxylation is 5. The van der Waals surface area contributed by atoms with Crippen LogP contribution in [0.15, 0.2) is 85.2 Å². The zero-order chi connectivity index (χ0) is 21.8.